The second-order valence-corrected chi connectivity index (χ2v) is 4.76. The van der Waals surface area contributed by atoms with Gasteiger partial charge < -0.3 is 19.5 Å². The van der Waals surface area contributed by atoms with E-state index < -0.39 is 12.1 Å². The molecule has 0 amide bonds. The van der Waals surface area contributed by atoms with Gasteiger partial charge in [0.25, 0.3) is 0 Å². The van der Waals surface area contributed by atoms with E-state index in [-0.39, 0.29) is 5.97 Å². The first-order chi connectivity index (χ1) is 9.58. The first-order valence-electron chi connectivity index (χ1n) is 6.35. The van der Waals surface area contributed by atoms with Crippen LogP contribution in [0.3, 0.4) is 0 Å². The Bertz CT molecular complexity index is 527. The number of anilines is 1. The minimum atomic E-state index is -0.510. The molecule has 1 aliphatic heterocycles. The van der Waals surface area contributed by atoms with Crippen molar-refractivity contribution in [1.29, 1.82) is 0 Å². The first-order valence-corrected chi connectivity index (χ1v) is 6.35. The number of benzene rings is 1. The average molecular weight is 277 g/mol. The Morgan fingerprint density at radius 3 is 2.75 bits per heavy atom. The van der Waals surface area contributed by atoms with Gasteiger partial charge >= 0.3 is 5.97 Å². The molecule has 1 N–H and O–H groups in total. The molecule has 1 aromatic carbocycles. The zero-order chi connectivity index (χ0) is 14.7. The van der Waals surface area contributed by atoms with Crippen molar-refractivity contribution in [2.75, 3.05) is 26.1 Å². The van der Waals surface area contributed by atoms with E-state index in [1.807, 2.05) is 25.1 Å². The number of para-hydroxylation sites is 1. The normalized spacial score (nSPS) is 19.9. The van der Waals surface area contributed by atoms with Crippen LogP contribution in [-0.4, -0.2) is 33.0 Å². The molecular formula is C15H19NO4. The van der Waals surface area contributed by atoms with E-state index in [0.29, 0.717) is 12.4 Å². The quantitative estimate of drug-likeness (QED) is 0.661. The van der Waals surface area contributed by atoms with E-state index >= 15 is 0 Å². The van der Waals surface area contributed by atoms with Gasteiger partial charge in [-0.15, -0.1) is 0 Å². The third-order valence-electron chi connectivity index (χ3n) is 3.17. The lowest BCUT2D eigenvalue weighted by atomic mass is 10.00. The van der Waals surface area contributed by atoms with Crippen molar-refractivity contribution in [1.82, 2.24) is 0 Å². The SMILES string of the molecule is C=C(C)COC1Nc2c(OC)cccc2C1C(=O)OC. The van der Waals surface area contributed by atoms with Crippen LogP contribution in [0, 0.1) is 0 Å². The van der Waals surface area contributed by atoms with Gasteiger partial charge in [-0.25, -0.2) is 0 Å². The molecule has 2 unspecified atom stereocenters. The molecule has 0 saturated heterocycles. The van der Waals surface area contributed by atoms with E-state index in [1.165, 1.54) is 7.11 Å². The molecule has 5 nitrogen and oxygen atoms in total. The molecule has 1 aromatic rings. The molecule has 0 spiro atoms. The van der Waals surface area contributed by atoms with Crippen molar-refractivity contribution in [3.8, 4) is 5.75 Å². The summed E-state index contributed by atoms with van der Waals surface area (Å²) in [6.45, 7) is 6.04. The van der Waals surface area contributed by atoms with Crippen molar-refractivity contribution in [3.05, 3.63) is 35.9 Å². The number of methoxy groups -OCH3 is 2. The zero-order valence-corrected chi connectivity index (χ0v) is 11.9. The lowest BCUT2D eigenvalue weighted by Gasteiger charge is -2.19. The molecule has 0 saturated carbocycles. The van der Waals surface area contributed by atoms with Gasteiger partial charge in [0.1, 0.15) is 17.9 Å². The van der Waals surface area contributed by atoms with Gasteiger partial charge in [0.2, 0.25) is 0 Å². The summed E-state index contributed by atoms with van der Waals surface area (Å²) in [6.07, 6.45) is -0.481. The molecule has 108 valence electrons. The van der Waals surface area contributed by atoms with E-state index in [4.69, 9.17) is 14.2 Å². The van der Waals surface area contributed by atoms with Gasteiger partial charge in [0.15, 0.2) is 0 Å². The summed E-state index contributed by atoms with van der Waals surface area (Å²) >= 11 is 0. The fourth-order valence-corrected chi connectivity index (χ4v) is 2.27. The molecule has 20 heavy (non-hydrogen) atoms. The molecule has 0 aromatic heterocycles. The number of ether oxygens (including phenoxy) is 3. The Kier molecular flexibility index (Phi) is 4.29. The van der Waals surface area contributed by atoms with Crippen molar-refractivity contribution in [3.63, 3.8) is 0 Å². The summed E-state index contributed by atoms with van der Waals surface area (Å²) in [5.41, 5.74) is 2.48. The summed E-state index contributed by atoms with van der Waals surface area (Å²) in [5.74, 6) is -0.168. The molecule has 2 rings (SSSR count). The highest BCUT2D eigenvalue weighted by atomic mass is 16.5. The monoisotopic (exact) mass is 277 g/mol. The summed E-state index contributed by atoms with van der Waals surface area (Å²) in [7, 11) is 2.96. The van der Waals surface area contributed by atoms with Crippen molar-refractivity contribution in [2.45, 2.75) is 19.1 Å². The number of hydrogen-bond donors (Lipinski definition) is 1. The molecule has 0 radical (unpaired) electrons. The fraction of sp³-hybridized carbons (Fsp3) is 0.400. The van der Waals surface area contributed by atoms with Gasteiger partial charge in [0, 0.05) is 0 Å². The second kappa shape index (κ2) is 5.96. The van der Waals surface area contributed by atoms with Gasteiger partial charge in [-0.3, -0.25) is 4.79 Å². The molecule has 0 fully saturated rings. The molecule has 2 atom stereocenters. The van der Waals surface area contributed by atoms with Crippen LogP contribution in [-0.2, 0) is 14.3 Å². The number of carbonyl (C=O) groups is 1. The molecule has 0 bridgehead atoms. The summed E-state index contributed by atoms with van der Waals surface area (Å²) in [5, 5.41) is 3.19. The second-order valence-electron chi connectivity index (χ2n) is 4.76. The van der Waals surface area contributed by atoms with Crippen LogP contribution in [0.5, 0.6) is 5.75 Å². The Balaban J connectivity index is 2.32. The van der Waals surface area contributed by atoms with Crippen LogP contribution >= 0.6 is 0 Å². The minimum Gasteiger partial charge on any atom is -0.495 e. The molecule has 0 aliphatic carbocycles. The number of nitrogens with one attached hydrogen (secondary N) is 1. The number of fused-ring (bicyclic) bond motifs is 1. The van der Waals surface area contributed by atoms with E-state index in [1.54, 1.807) is 7.11 Å². The molecule has 5 heteroatoms. The number of carbonyl (C=O) groups excluding carboxylic acids is 1. The van der Waals surface area contributed by atoms with Gasteiger partial charge in [-0.1, -0.05) is 24.3 Å². The number of esters is 1. The van der Waals surface area contributed by atoms with Crippen LogP contribution in [0.25, 0.3) is 0 Å². The topological polar surface area (TPSA) is 56.8 Å². The largest absolute Gasteiger partial charge is 0.495 e. The Morgan fingerprint density at radius 1 is 1.40 bits per heavy atom. The van der Waals surface area contributed by atoms with Crippen LogP contribution in [0.4, 0.5) is 5.69 Å². The van der Waals surface area contributed by atoms with Gasteiger partial charge in [-0.05, 0) is 18.6 Å². The smallest absolute Gasteiger partial charge is 0.317 e. The predicted octanol–water partition coefficient (Wildman–Crippen LogP) is 2.30. The van der Waals surface area contributed by atoms with Crippen molar-refractivity contribution < 1.29 is 19.0 Å². The number of rotatable bonds is 5. The Morgan fingerprint density at radius 2 is 2.15 bits per heavy atom. The van der Waals surface area contributed by atoms with E-state index in [9.17, 15) is 4.79 Å². The number of hydrogen-bond acceptors (Lipinski definition) is 5. The summed E-state index contributed by atoms with van der Waals surface area (Å²) in [4.78, 5) is 12.0. The zero-order valence-electron chi connectivity index (χ0n) is 11.9. The van der Waals surface area contributed by atoms with Crippen molar-refractivity contribution in [2.24, 2.45) is 0 Å². The highest BCUT2D eigenvalue weighted by Crippen LogP contribution is 2.42. The predicted molar refractivity (Wildman–Crippen MR) is 75.9 cm³/mol. The van der Waals surface area contributed by atoms with Crippen LogP contribution in [0.1, 0.15) is 18.4 Å². The highest BCUT2D eigenvalue weighted by Gasteiger charge is 2.40. The van der Waals surface area contributed by atoms with Crippen LogP contribution in [0.2, 0.25) is 0 Å². The Hall–Kier alpha value is -2.01. The standard InChI is InChI=1S/C15H19NO4/c1-9(2)8-20-14-12(15(17)19-4)10-6-5-7-11(18-3)13(10)16-14/h5-7,12,14,16H,1,8H2,2-4H3. The lowest BCUT2D eigenvalue weighted by Crippen LogP contribution is -2.30. The molecule has 1 aliphatic rings. The van der Waals surface area contributed by atoms with Crippen molar-refractivity contribution >= 4 is 11.7 Å². The minimum absolute atomic E-state index is 0.337. The van der Waals surface area contributed by atoms with Crippen LogP contribution < -0.4 is 10.1 Å². The summed E-state index contributed by atoms with van der Waals surface area (Å²) < 4.78 is 15.9. The summed E-state index contributed by atoms with van der Waals surface area (Å²) in [6, 6.07) is 5.55. The third-order valence-corrected chi connectivity index (χ3v) is 3.17. The fourth-order valence-electron chi connectivity index (χ4n) is 2.27. The molecular weight excluding hydrogens is 258 g/mol. The maximum absolute atomic E-state index is 12.0. The third kappa shape index (κ3) is 2.63. The lowest BCUT2D eigenvalue weighted by molar-refractivity contribution is -0.145. The highest BCUT2D eigenvalue weighted by molar-refractivity contribution is 5.86. The van der Waals surface area contributed by atoms with Gasteiger partial charge in [-0.2, -0.15) is 0 Å². The maximum Gasteiger partial charge on any atom is 0.317 e. The Labute approximate surface area is 118 Å². The van der Waals surface area contributed by atoms with E-state index in [0.717, 1.165) is 16.8 Å². The first kappa shape index (κ1) is 14.4. The van der Waals surface area contributed by atoms with E-state index in [2.05, 4.69) is 11.9 Å². The van der Waals surface area contributed by atoms with Gasteiger partial charge in [0.05, 0.1) is 26.5 Å². The van der Waals surface area contributed by atoms with Crippen LogP contribution in [0.15, 0.2) is 30.4 Å². The average Bonchev–Trinajstić information content (AvgIpc) is 2.82. The molecule has 1 heterocycles. The maximum atomic E-state index is 12.0.